The van der Waals surface area contributed by atoms with Gasteiger partial charge in [-0.1, -0.05) is 6.07 Å². The number of pyridine rings is 1. The van der Waals surface area contributed by atoms with E-state index < -0.39 is 0 Å². The minimum atomic E-state index is 0.306. The van der Waals surface area contributed by atoms with E-state index in [4.69, 9.17) is 4.74 Å². The lowest BCUT2D eigenvalue weighted by molar-refractivity contribution is 0.295. The summed E-state index contributed by atoms with van der Waals surface area (Å²) in [4.78, 5) is 4.30. The van der Waals surface area contributed by atoms with Gasteiger partial charge in [-0.3, -0.25) is 9.67 Å². The van der Waals surface area contributed by atoms with Crippen LogP contribution in [-0.2, 0) is 11.8 Å². The standard InChI is InChI=1S/C19H20N6O/c1-5-26-19(18-13(2)14(3)22-24(18)4)17(12-20)25-11-9-16(23-25)15-8-6-7-10-21-15/h6-11H,5H2,1-4H3. The third-order valence-electron chi connectivity index (χ3n) is 4.09. The Morgan fingerprint density at radius 2 is 2.00 bits per heavy atom. The summed E-state index contributed by atoms with van der Waals surface area (Å²) < 4.78 is 9.10. The Balaban J connectivity index is 2.15. The quantitative estimate of drug-likeness (QED) is 0.522. The van der Waals surface area contributed by atoms with Crippen molar-refractivity contribution in [1.82, 2.24) is 24.5 Å². The molecular formula is C19H20N6O. The van der Waals surface area contributed by atoms with Crippen molar-refractivity contribution >= 4 is 11.5 Å². The van der Waals surface area contributed by atoms with E-state index in [1.807, 2.05) is 52.1 Å². The van der Waals surface area contributed by atoms with E-state index >= 15 is 0 Å². The largest absolute Gasteiger partial charge is 0.489 e. The van der Waals surface area contributed by atoms with Gasteiger partial charge >= 0.3 is 0 Å². The summed E-state index contributed by atoms with van der Waals surface area (Å²) in [6, 6.07) is 9.67. The molecule has 0 atom stereocenters. The van der Waals surface area contributed by atoms with Gasteiger partial charge in [0.25, 0.3) is 0 Å². The third-order valence-corrected chi connectivity index (χ3v) is 4.09. The van der Waals surface area contributed by atoms with E-state index in [0.29, 0.717) is 23.8 Å². The maximum atomic E-state index is 9.81. The van der Waals surface area contributed by atoms with Crippen molar-refractivity contribution in [3.8, 4) is 17.5 Å². The molecule has 0 spiro atoms. The van der Waals surface area contributed by atoms with Crippen LogP contribution in [0.4, 0.5) is 0 Å². The van der Waals surface area contributed by atoms with Gasteiger partial charge in [0.2, 0.25) is 0 Å². The lowest BCUT2D eigenvalue weighted by atomic mass is 10.1. The molecule has 0 fully saturated rings. The summed E-state index contributed by atoms with van der Waals surface area (Å²) in [6.45, 7) is 6.21. The number of ether oxygens (including phenoxy) is 1. The molecule has 132 valence electrons. The second-order valence-corrected chi connectivity index (χ2v) is 5.77. The Hall–Kier alpha value is -3.40. The summed E-state index contributed by atoms with van der Waals surface area (Å²) in [7, 11) is 1.84. The Morgan fingerprint density at radius 1 is 1.19 bits per heavy atom. The van der Waals surface area contributed by atoms with E-state index in [1.54, 1.807) is 17.1 Å². The predicted molar refractivity (Wildman–Crippen MR) is 98.5 cm³/mol. The average Bonchev–Trinajstić information content (AvgIpc) is 3.21. The van der Waals surface area contributed by atoms with Crippen molar-refractivity contribution in [2.75, 3.05) is 6.61 Å². The van der Waals surface area contributed by atoms with Crippen LogP contribution < -0.4 is 0 Å². The van der Waals surface area contributed by atoms with E-state index in [0.717, 1.165) is 22.6 Å². The van der Waals surface area contributed by atoms with Gasteiger partial charge in [0.1, 0.15) is 17.5 Å². The van der Waals surface area contributed by atoms with Crippen molar-refractivity contribution in [3.63, 3.8) is 0 Å². The molecule has 0 amide bonds. The molecule has 3 aromatic rings. The van der Waals surface area contributed by atoms with Crippen molar-refractivity contribution < 1.29 is 4.74 Å². The average molecular weight is 348 g/mol. The highest BCUT2D eigenvalue weighted by Gasteiger charge is 2.21. The second kappa shape index (κ2) is 7.23. The van der Waals surface area contributed by atoms with Crippen LogP contribution in [0.1, 0.15) is 23.9 Å². The topological polar surface area (TPSA) is 81.6 Å². The fraction of sp³-hybridized carbons (Fsp3) is 0.263. The molecule has 0 radical (unpaired) electrons. The maximum Gasteiger partial charge on any atom is 0.186 e. The Bertz CT molecular complexity index is 991. The van der Waals surface area contributed by atoms with Crippen LogP contribution in [-0.4, -0.2) is 31.2 Å². The SMILES string of the molecule is CCOC(=C(C#N)n1ccc(-c2ccccn2)n1)c1c(C)c(C)nn1C. The van der Waals surface area contributed by atoms with Crippen LogP contribution in [0.5, 0.6) is 0 Å². The lowest BCUT2D eigenvalue weighted by Crippen LogP contribution is -2.08. The first-order valence-electron chi connectivity index (χ1n) is 8.32. The first kappa shape index (κ1) is 17.4. The molecule has 3 heterocycles. The molecule has 0 saturated carbocycles. The number of rotatable bonds is 5. The Morgan fingerprint density at radius 3 is 2.58 bits per heavy atom. The number of nitriles is 1. The van der Waals surface area contributed by atoms with E-state index in [-0.39, 0.29) is 0 Å². The van der Waals surface area contributed by atoms with Crippen LogP contribution in [0.15, 0.2) is 36.7 Å². The van der Waals surface area contributed by atoms with Gasteiger partial charge in [0.05, 0.1) is 18.0 Å². The number of allylic oxidation sites excluding steroid dienone is 1. The molecule has 0 aliphatic heterocycles. The Kier molecular flexibility index (Phi) is 4.85. The van der Waals surface area contributed by atoms with Crippen molar-refractivity contribution in [1.29, 1.82) is 5.26 Å². The summed E-state index contributed by atoms with van der Waals surface area (Å²) in [5.74, 6) is 0.464. The molecule has 7 heteroatoms. The summed E-state index contributed by atoms with van der Waals surface area (Å²) in [5.41, 5.74) is 4.38. The molecule has 0 aliphatic carbocycles. The predicted octanol–water partition coefficient (Wildman–Crippen LogP) is 3.18. The van der Waals surface area contributed by atoms with Crippen LogP contribution >= 0.6 is 0 Å². The highest BCUT2D eigenvalue weighted by molar-refractivity contribution is 5.85. The molecule has 0 bridgehead atoms. The lowest BCUT2D eigenvalue weighted by Gasteiger charge is -2.13. The molecule has 3 rings (SSSR count). The normalized spacial score (nSPS) is 11.8. The fourth-order valence-electron chi connectivity index (χ4n) is 2.78. The van der Waals surface area contributed by atoms with Crippen molar-refractivity contribution in [2.45, 2.75) is 20.8 Å². The fourth-order valence-corrected chi connectivity index (χ4v) is 2.78. The van der Waals surface area contributed by atoms with Gasteiger partial charge in [-0.25, -0.2) is 4.68 Å². The van der Waals surface area contributed by atoms with Crippen molar-refractivity contribution in [2.24, 2.45) is 7.05 Å². The van der Waals surface area contributed by atoms with E-state index in [1.165, 1.54) is 4.68 Å². The Labute approximate surface area is 152 Å². The molecule has 0 saturated heterocycles. The molecule has 0 aliphatic rings. The van der Waals surface area contributed by atoms with Gasteiger partial charge in [-0.05, 0) is 39.0 Å². The zero-order valence-corrected chi connectivity index (χ0v) is 15.3. The maximum absolute atomic E-state index is 9.81. The minimum Gasteiger partial charge on any atom is -0.489 e. The van der Waals surface area contributed by atoms with Gasteiger partial charge in [-0.15, -0.1) is 0 Å². The molecule has 0 aromatic carbocycles. The van der Waals surface area contributed by atoms with Crippen LogP contribution in [0.2, 0.25) is 0 Å². The molecule has 3 aromatic heterocycles. The first-order valence-corrected chi connectivity index (χ1v) is 8.32. The first-order chi connectivity index (χ1) is 12.6. The number of hydrogen-bond acceptors (Lipinski definition) is 5. The highest BCUT2D eigenvalue weighted by Crippen LogP contribution is 2.27. The molecular weight excluding hydrogens is 328 g/mol. The third kappa shape index (κ3) is 3.09. The summed E-state index contributed by atoms with van der Waals surface area (Å²) in [6.07, 6.45) is 3.45. The monoisotopic (exact) mass is 348 g/mol. The van der Waals surface area contributed by atoms with Gasteiger partial charge in [0.15, 0.2) is 11.5 Å². The zero-order valence-electron chi connectivity index (χ0n) is 15.3. The smallest absolute Gasteiger partial charge is 0.186 e. The highest BCUT2D eigenvalue weighted by atomic mass is 16.5. The summed E-state index contributed by atoms with van der Waals surface area (Å²) >= 11 is 0. The van der Waals surface area contributed by atoms with Gasteiger partial charge in [-0.2, -0.15) is 15.5 Å². The van der Waals surface area contributed by atoms with Crippen LogP contribution in [0.3, 0.4) is 0 Å². The number of nitrogens with zero attached hydrogens (tertiary/aromatic N) is 6. The molecule has 7 nitrogen and oxygen atoms in total. The van der Waals surface area contributed by atoms with E-state index in [9.17, 15) is 5.26 Å². The van der Waals surface area contributed by atoms with E-state index in [2.05, 4.69) is 21.3 Å². The zero-order chi connectivity index (χ0) is 18.7. The number of aromatic nitrogens is 5. The number of hydrogen-bond donors (Lipinski definition) is 0. The molecule has 0 N–H and O–H groups in total. The van der Waals surface area contributed by atoms with Crippen LogP contribution in [0.25, 0.3) is 22.8 Å². The summed E-state index contributed by atoms with van der Waals surface area (Å²) in [5, 5.41) is 18.8. The number of aryl methyl sites for hydroxylation is 2. The molecule has 0 unspecified atom stereocenters. The van der Waals surface area contributed by atoms with Crippen molar-refractivity contribution in [3.05, 3.63) is 53.6 Å². The van der Waals surface area contributed by atoms with Crippen LogP contribution in [0, 0.1) is 25.2 Å². The van der Waals surface area contributed by atoms with Gasteiger partial charge in [0, 0.05) is 25.0 Å². The molecule has 26 heavy (non-hydrogen) atoms. The second-order valence-electron chi connectivity index (χ2n) is 5.77. The van der Waals surface area contributed by atoms with Gasteiger partial charge < -0.3 is 4.74 Å². The minimum absolute atomic E-state index is 0.306.